The summed E-state index contributed by atoms with van der Waals surface area (Å²) in [7, 11) is 6.09. The molecule has 4 heterocycles. The Kier molecular flexibility index (Phi) is 6.21. The van der Waals surface area contributed by atoms with E-state index in [-0.39, 0.29) is 5.91 Å². The molecule has 0 spiro atoms. The number of aromatic nitrogens is 2. The molecule has 1 N–H and O–H groups in total. The molecule has 0 aliphatic carbocycles. The van der Waals surface area contributed by atoms with Gasteiger partial charge in [0.15, 0.2) is 0 Å². The molecular formula is C31H35N5O. The van der Waals surface area contributed by atoms with Crippen molar-refractivity contribution < 1.29 is 4.79 Å². The first-order chi connectivity index (χ1) is 18.0. The number of rotatable bonds is 6. The Morgan fingerprint density at radius 3 is 2.54 bits per heavy atom. The Labute approximate surface area is 218 Å². The van der Waals surface area contributed by atoms with Gasteiger partial charge in [-0.15, -0.1) is 0 Å². The van der Waals surface area contributed by atoms with E-state index in [4.69, 9.17) is 5.10 Å². The lowest BCUT2D eigenvalue weighted by Crippen LogP contribution is -2.56. The zero-order chi connectivity index (χ0) is 25.5. The van der Waals surface area contributed by atoms with Gasteiger partial charge in [-0.1, -0.05) is 36.4 Å². The molecule has 1 amide bonds. The van der Waals surface area contributed by atoms with E-state index in [1.807, 2.05) is 43.3 Å². The van der Waals surface area contributed by atoms with E-state index in [0.29, 0.717) is 24.4 Å². The van der Waals surface area contributed by atoms with Gasteiger partial charge in [-0.3, -0.25) is 14.4 Å². The molecule has 0 saturated carbocycles. The fourth-order valence-electron chi connectivity index (χ4n) is 6.23. The molecule has 3 fully saturated rings. The molecule has 3 saturated heterocycles. The van der Waals surface area contributed by atoms with Crippen molar-refractivity contribution in [3.05, 3.63) is 84.1 Å². The van der Waals surface area contributed by atoms with Crippen LogP contribution < -0.4 is 10.2 Å². The van der Waals surface area contributed by atoms with Crippen LogP contribution in [-0.2, 0) is 7.05 Å². The molecule has 37 heavy (non-hydrogen) atoms. The van der Waals surface area contributed by atoms with Crippen molar-refractivity contribution in [2.24, 2.45) is 13.0 Å². The van der Waals surface area contributed by atoms with Crippen LogP contribution in [0, 0.1) is 5.92 Å². The number of hydrogen-bond donors (Lipinski definition) is 1. The number of amides is 1. The highest BCUT2D eigenvalue weighted by atomic mass is 16.1. The number of nitrogens with zero attached hydrogens (tertiary/aromatic N) is 4. The lowest BCUT2D eigenvalue weighted by molar-refractivity contribution is 0.0280. The summed E-state index contributed by atoms with van der Waals surface area (Å²) in [5, 5.41) is 10.6. The molecule has 3 aliphatic rings. The van der Waals surface area contributed by atoms with Gasteiger partial charge in [-0.2, -0.15) is 5.10 Å². The second kappa shape index (κ2) is 9.67. The molecule has 2 bridgehead atoms. The minimum absolute atomic E-state index is 0.0103. The van der Waals surface area contributed by atoms with Crippen molar-refractivity contribution in [3.8, 4) is 11.3 Å². The van der Waals surface area contributed by atoms with Gasteiger partial charge in [0.05, 0.1) is 5.69 Å². The predicted molar refractivity (Wildman–Crippen MR) is 150 cm³/mol. The van der Waals surface area contributed by atoms with Crippen LogP contribution in [0.25, 0.3) is 22.0 Å². The zero-order valence-corrected chi connectivity index (χ0v) is 21.9. The van der Waals surface area contributed by atoms with Crippen molar-refractivity contribution in [2.75, 3.05) is 38.6 Å². The molecule has 1 unspecified atom stereocenters. The van der Waals surface area contributed by atoms with Gasteiger partial charge < -0.3 is 10.2 Å². The van der Waals surface area contributed by atoms with E-state index >= 15 is 0 Å². The smallest absolute Gasteiger partial charge is 0.251 e. The molecule has 4 aromatic rings. The Hall–Kier alpha value is -3.64. The molecule has 4 atom stereocenters. The summed E-state index contributed by atoms with van der Waals surface area (Å²) in [6.45, 7) is 2.83. The van der Waals surface area contributed by atoms with Crippen LogP contribution in [0.1, 0.15) is 34.8 Å². The number of piperidine rings is 3. The summed E-state index contributed by atoms with van der Waals surface area (Å²) in [5.41, 5.74) is 5.35. The third-order valence-electron chi connectivity index (χ3n) is 8.36. The predicted octanol–water partition coefficient (Wildman–Crippen LogP) is 4.91. The Morgan fingerprint density at radius 2 is 1.81 bits per heavy atom. The van der Waals surface area contributed by atoms with Gasteiger partial charge in [0.25, 0.3) is 5.91 Å². The maximum Gasteiger partial charge on any atom is 0.251 e. The summed E-state index contributed by atoms with van der Waals surface area (Å²) in [4.78, 5) is 17.4. The molecule has 190 valence electrons. The Morgan fingerprint density at radius 1 is 1.03 bits per heavy atom. The van der Waals surface area contributed by atoms with Gasteiger partial charge in [0, 0.05) is 68.7 Å². The average molecular weight is 494 g/mol. The summed E-state index contributed by atoms with van der Waals surface area (Å²) >= 11 is 0. The van der Waals surface area contributed by atoms with Crippen LogP contribution in [0.2, 0.25) is 0 Å². The summed E-state index contributed by atoms with van der Waals surface area (Å²) in [5.74, 6) is 1.10. The first kappa shape index (κ1) is 23.7. The van der Waals surface area contributed by atoms with Gasteiger partial charge >= 0.3 is 0 Å². The van der Waals surface area contributed by atoms with Crippen molar-refractivity contribution in [2.45, 2.75) is 24.8 Å². The number of anilines is 1. The normalized spacial score (nSPS) is 22.8. The van der Waals surface area contributed by atoms with Crippen LogP contribution >= 0.6 is 0 Å². The van der Waals surface area contributed by atoms with E-state index in [1.165, 1.54) is 28.5 Å². The third-order valence-corrected chi connectivity index (χ3v) is 8.36. The average Bonchev–Trinajstić information content (AvgIpc) is 3.33. The van der Waals surface area contributed by atoms with Crippen LogP contribution in [-0.4, -0.2) is 60.4 Å². The number of nitrogens with one attached hydrogen (secondary N) is 1. The van der Waals surface area contributed by atoms with Crippen molar-refractivity contribution in [1.82, 2.24) is 20.0 Å². The van der Waals surface area contributed by atoms with E-state index in [2.05, 4.69) is 70.5 Å². The fourth-order valence-corrected chi connectivity index (χ4v) is 6.23. The number of fused-ring (bicyclic) bond motifs is 4. The molecular weight excluding hydrogens is 458 g/mol. The molecule has 1 aromatic heterocycles. The standard InChI is InChI=1S/C31H35N5O/c1-34(2)26-12-10-22(11-13-26)31(37)32-19-27-17-24-14-15-36(27)20-28(24)30-18-29(33-35(30)3)25-9-8-21-6-4-5-7-23(21)16-25/h4-13,16,18,24,27-28H,14-15,17,19-20H2,1-3H3,(H,32,37)/t24-,27+,28-/m0/s1. The number of benzene rings is 3. The maximum absolute atomic E-state index is 12.8. The zero-order valence-electron chi connectivity index (χ0n) is 21.9. The van der Waals surface area contributed by atoms with Crippen molar-refractivity contribution in [1.29, 1.82) is 0 Å². The lowest BCUT2D eigenvalue weighted by atomic mass is 9.74. The van der Waals surface area contributed by atoms with Gasteiger partial charge in [0.2, 0.25) is 0 Å². The van der Waals surface area contributed by atoms with Crippen molar-refractivity contribution in [3.63, 3.8) is 0 Å². The second-order valence-electron chi connectivity index (χ2n) is 10.8. The van der Waals surface area contributed by atoms with E-state index < -0.39 is 0 Å². The summed E-state index contributed by atoms with van der Waals surface area (Å²) in [6, 6.07) is 25.6. The minimum atomic E-state index is 0.0103. The van der Waals surface area contributed by atoms with Crippen molar-refractivity contribution >= 4 is 22.4 Å². The maximum atomic E-state index is 12.8. The summed E-state index contributed by atoms with van der Waals surface area (Å²) < 4.78 is 2.09. The number of aryl methyl sites for hydroxylation is 1. The number of carbonyl (C=O) groups excluding carboxylic acids is 1. The first-order valence-corrected chi connectivity index (χ1v) is 13.3. The third kappa shape index (κ3) is 4.62. The Balaban J connectivity index is 1.12. The molecule has 7 rings (SSSR count). The van der Waals surface area contributed by atoms with Gasteiger partial charge in [0.1, 0.15) is 0 Å². The number of hydrogen-bond acceptors (Lipinski definition) is 4. The monoisotopic (exact) mass is 493 g/mol. The van der Waals surface area contributed by atoms with Crippen LogP contribution in [0.3, 0.4) is 0 Å². The highest BCUT2D eigenvalue weighted by molar-refractivity contribution is 5.94. The minimum Gasteiger partial charge on any atom is -0.378 e. The largest absolute Gasteiger partial charge is 0.378 e. The van der Waals surface area contributed by atoms with E-state index in [9.17, 15) is 4.79 Å². The fraction of sp³-hybridized carbons (Fsp3) is 0.355. The second-order valence-corrected chi connectivity index (χ2v) is 10.8. The molecule has 0 radical (unpaired) electrons. The Bertz CT molecular complexity index is 1420. The summed E-state index contributed by atoms with van der Waals surface area (Å²) in [6.07, 6.45) is 2.32. The highest BCUT2D eigenvalue weighted by Crippen LogP contribution is 2.42. The van der Waals surface area contributed by atoms with E-state index in [1.54, 1.807) is 0 Å². The van der Waals surface area contributed by atoms with Gasteiger partial charge in [-0.25, -0.2) is 0 Å². The van der Waals surface area contributed by atoms with Crippen LogP contribution in [0.5, 0.6) is 0 Å². The quantitative estimate of drug-likeness (QED) is 0.415. The van der Waals surface area contributed by atoms with E-state index in [0.717, 1.165) is 36.5 Å². The lowest BCUT2D eigenvalue weighted by Gasteiger charge is -2.50. The highest BCUT2D eigenvalue weighted by Gasteiger charge is 2.41. The molecule has 6 heteroatoms. The molecule has 3 aliphatic heterocycles. The molecule has 6 nitrogen and oxygen atoms in total. The topological polar surface area (TPSA) is 53.4 Å². The number of carbonyl (C=O) groups is 1. The van der Waals surface area contributed by atoms with Crippen LogP contribution in [0.4, 0.5) is 5.69 Å². The van der Waals surface area contributed by atoms with Gasteiger partial charge in [-0.05, 0) is 72.5 Å². The molecule has 3 aromatic carbocycles. The first-order valence-electron chi connectivity index (χ1n) is 13.3. The van der Waals surface area contributed by atoms with Crippen LogP contribution in [0.15, 0.2) is 72.8 Å². The SMILES string of the molecule is CN(C)c1ccc(C(=O)NC[C@H]2C[C@@H]3CCN2C[C@@H]3c2cc(-c3ccc4ccccc4c3)nn2C)cc1.